The molecule has 0 bridgehead atoms. The first-order valence-electron chi connectivity index (χ1n) is 5.54. The molecule has 2 aromatic carbocycles. The number of halogens is 1. The van der Waals surface area contributed by atoms with Crippen LogP contribution in [0.1, 0.15) is 10.4 Å². The van der Waals surface area contributed by atoms with E-state index >= 15 is 0 Å². The van der Waals surface area contributed by atoms with Gasteiger partial charge in [-0.3, -0.25) is 4.79 Å². The Morgan fingerprint density at radius 2 is 1.75 bits per heavy atom. The maximum atomic E-state index is 12.4. The van der Waals surface area contributed by atoms with Crippen molar-refractivity contribution in [2.45, 2.75) is 0 Å². The van der Waals surface area contributed by atoms with Gasteiger partial charge in [0.1, 0.15) is 5.75 Å². The third-order valence-electron chi connectivity index (χ3n) is 2.32. The number of rotatable bonds is 4. The molecule has 0 aliphatic heterocycles. The topological polar surface area (TPSA) is 72.5 Å². The number of carbonyl (C=O) groups excluding carboxylic acids is 1. The van der Waals surface area contributed by atoms with E-state index in [-0.39, 0.29) is 11.3 Å². The second-order valence-corrected chi connectivity index (χ2v) is 4.78. The van der Waals surface area contributed by atoms with Gasteiger partial charge in [0.05, 0.1) is 0 Å². The number of nitrogens with one attached hydrogen (secondary N) is 1. The number of para-hydroxylation sites is 1. The second-order valence-electron chi connectivity index (χ2n) is 3.82. The molecule has 0 spiro atoms. The maximum Gasteiger partial charge on any atom is 0.488 e. The van der Waals surface area contributed by atoms with E-state index in [1.807, 2.05) is 0 Å². The highest BCUT2D eigenvalue weighted by molar-refractivity contribution is 7.81. The summed E-state index contributed by atoms with van der Waals surface area (Å²) in [6.45, 7) is 0. The quantitative estimate of drug-likeness (QED) is 0.880. The summed E-state index contributed by atoms with van der Waals surface area (Å²) in [6, 6.07) is 13.9. The van der Waals surface area contributed by atoms with Crippen LogP contribution in [0.3, 0.4) is 0 Å². The van der Waals surface area contributed by atoms with E-state index in [2.05, 4.69) is 9.50 Å². The Kier molecular flexibility index (Phi) is 3.99. The second kappa shape index (κ2) is 5.70. The van der Waals surface area contributed by atoms with Gasteiger partial charge in [0, 0.05) is 11.3 Å². The van der Waals surface area contributed by atoms with Crippen molar-refractivity contribution in [3.8, 4) is 5.75 Å². The number of anilines is 1. The smallest absolute Gasteiger partial charge is 0.358 e. The van der Waals surface area contributed by atoms with Gasteiger partial charge in [-0.25, -0.2) is 0 Å². The lowest BCUT2D eigenvalue weighted by Gasteiger charge is -2.06. The highest BCUT2D eigenvalue weighted by Gasteiger charge is 2.12. The molecule has 7 heteroatoms. The Morgan fingerprint density at radius 3 is 2.40 bits per heavy atom. The highest BCUT2D eigenvalue weighted by atomic mass is 32.3. The standard InChI is InChI=1S/C13H10FNO4S/c14-20(17,18)19-12-8-4-5-10(9-12)13(16)15-11-6-2-1-3-7-11/h1-9H,(H,15,16). The van der Waals surface area contributed by atoms with Gasteiger partial charge in [0.15, 0.2) is 0 Å². The Balaban J connectivity index is 2.16. The largest absolute Gasteiger partial charge is 0.488 e. The number of benzene rings is 2. The molecule has 0 atom stereocenters. The molecular weight excluding hydrogens is 285 g/mol. The van der Waals surface area contributed by atoms with E-state index in [9.17, 15) is 17.1 Å². The molecule has 2 rings (SSSR count). The van der Waals surface area contributed by atoms with Crippen molar-refractivity contribution in [2.24, 2.45) is 0 Å². The number of hydrogen-bond acceptors (Lipinski definition) is 4. The van der Waals surface area contributed by atoms with Gasteiger partial charge in [-0.1, -0.05) is 28.2 Å². The van der Waals surface area contributed by atoms with Gasteiger partial charge < -0.3 is 9.50 Å². The Bertz CT molecular complexity index is 716. The van der Waals surface area contributed by atoms with Crippen LogP contribution in [0.4, 0.5) is 9.57 Å². The maximum absolute atomic E-state index is 12.4. The molecule has 1 amide bonds. The van der Waals surface area contributed by atoms with Gasteiger partial charge in [-0.05, 0) is 30.3 Å². The number of carbonyl (C=O) groups is 1. The van der Waals surface area contributed by atoms with Gasteiger partial charge in [-0.2, -0.15) is 8.42 Å². The van der Waals surface area contributed by atoms with Crippen LogP contribution in [0.25, 0.3) is 0 Å². The van der Waals surface area contributed by atoms with E-state index in [1.165, 1.54) is 18.2 Å². The Morgan fingerprint density at radius 1 is 1.05 bits per heavy atom. The normalized spacial score (nSPS) is 10.8. The summed E-state index contributed by atoms with van der Waals surface area (Å²) in [5.41, 5.74) is 0.733. The lowest BCUT2D eigenvalue weighted by molar-refractivity contribution is 0.102. The van der Waals surface area contributed by atoms with Gasteiger partial charge in [0.25, 0.3) is 5.91 Å². The fourth-order valence-corrected chi connectivity index (χ4v) is 1.86. The third-order valence-corrected chi connectivity index (χ3v) is 2.72. The van der Waals surface area contributed by atoms with Crippen molar-refractivity contribution in [1.29, 1.82) is 0 Å². The molecule has 0 aliphatic rings. The molecule has 0 heterocycles. The van der Waals surface area contributed by atoms with E-state index in [0.717, 1.165) is 6.07 Å². The first-order chi connectivity index (χ1) is 9.44. The fourth-order valence-electron chi connectivity index (χ4n) is 1.53. The summed E-state index contributed by atoms with van der Waals surface area (Å²) in [6.07, 6.45) is 0. The lowest BCUT2D eigenvalue weighted by atomic mass is 10.2. The van der Waals surface area contributed by atoms with Gasteiger partial charge in [-0.15, -0.1) is 0 Å². The molecule has 20 heavy (non-hydrogen) atoms. The third kappa shape index (κ3) is 4.06. The van der Waals surface area contributed by atoms with E-state index in [0.29, 0.717) is 5.69 Å². The summed E-state index contributed by atoms with van der Waals surface area (Å²) in [7, 11) is -5.11. The first kappa shape index (κ1) is 14.0. The molecule has 0 unspecified atom stereocenters. The summed E-state index contributed by atoms with van der Waals surface area (Å²) in [5, 5.41) is 2.61. The van der Waals surface area contributed by atoms with Crippen LogP contribution in [-0.2, 0) is 10.5 Å². The minimum Gasteiger partial charge on any atom is -0.358 e. The van der Waals surface area contributed by atoms with Crippen molar-refractivity contribution >= 4 is 22.1 Å². The van der Waals surface area contributed by atoms with Crippen molar-refractivity contribution in [1.82, 2.24) is 0 Å². The minimum atomic E-state index is -5.11. The number of amides is 1. The van der Waals surface area contributed by atoms with Crippen LogP contribution in [0.5, 0.6) is 5.75 Å². The Labute approximate surface area is 115 Å². The molecule has 104 valence electrons. The molecule has 1 N–H and O–H groups in total. The molecule has 0 fully saturated rings. The van der Waals surface area contributed by atoms with Crippen molar-refractivity contribution in [2.75, 3.05) is 5.32 Å². The SMILES string of the molecule is O=C(Nc1ccccc1)c1cccc(OS(=O)(=O)F)c1. The van der Waals surface area contributed by atoms with E-state index < -0.39 is 16.4 Å². The molecule has 0 aliphatic carbocycles. The van der Waals surface area contributed by atoms with Gasteiger partial charge >= 0.3 is 10.5 Å². The van der Waals surface area contributed by atoms with Crippen LogP contribution in [0, 0.1) is 0 Å². The minimum absolute atomic E-state index is 0.148. The summed E-state index contributed by atoms with van der Waals surface area (Å²) >= 11 is 0. The van der Waals surface area contributed by atoms with Crippen LogP contribution in [-0.4, -0.2) is 14.3 Å². The summed E-state index contributed by atoms with van der Waals surface area (Å²) in [5.74, 6) is -0.730. The zero-order chi connectivity index (χ0) is 14.6. The monoisotopic (exact) mass is 295 g/mol. The molecule has 0 saturated carbocycles. The zero-order valence-electron chi connectivity index (χ0n) is 10.1. The van der Waals surface area contributed by atoms with Crippen LogP contribution in [0.2, 0.25) is 0 Å². The fraction of sp³-hybridized carbons (Fsp3) is 0. The van der Waals surface area contributed by atoms with Crippen molar-refractivity contribution in [3.63, 3.8) is 0 Å². The lowest BCUT2D eigenvalue weighted by Crippen LogP contribution is -2.12. The molecule has 2 aromatic rings. The van der Waals surface area contributed by atoms with Crippen LogP contribution in [0.15, 0.2) is 54.6 Å². The van der Waals surface area contributed by atoms with Crippen LogP contribution < -0.4 is 9.50 Å². The summed E-state index contributed by atoms with van der Waals surface area (Å²) < 4.78 is 37.2. The molecule has 0 aromatic heterocycles. The van der Waals surface area contributed by atoms with Crippen molar-refractivity contribution in [3.05, 3.63) is 60.2 Å². The average molecular weight is 295 g/mol. The average Bonchev–Trinajstić information content (AvgIpc) is 2.38. The predicted molar refractivity (Wildman–Crippen MR) is 71.5 cm³/mol. The zero-order valence-corrected chi connectivity index (χ0v) is 10.9. The van der Waals surface area contributed by atoms with Gasteiger partial charge in [0.2, 0.25) is 0 Å². The predicted octanol–water partition coefficient (Wildman–Crippen LogP) is 2.53. The van der Waals surface area contributed by atoms with E-state index in [4.69, 9.17) is 0 Å². The Hall–Kier alpha value is -2.41. The first-order valence-corrected chi connectivity index (χ1v) is 6.85. The van der Waals surface area contributed by atoms with E-state index in [1.54, 1.807) is 30.3 Å². The van der Waals surface area contributed by atoms with Crippen LogP contribution >= 0.6 is 0 Å². The summed E-state index contributed by atoms with van der Waals surface area (Å²) in [4.78, 5) is 11.9. The number of hydrogen-bond donors (Lipinski definition) is 1. The molecule has 0 saturated heterocycles. The highest BCUT2D eigenvalue weighted by Crippen LogP contribution is 2.17. The molecular formula is C13H10FNO4S. The molecule has 0 radical (unpaired) electrons. The molecule has 5 nitrogen and oxygen atoms in total. The van der Waals surface area contributed by atoms with Crippen molar-refractivity contribution < 1.29 is 21.3 Å².